The number of methoxy groups -OCH3 is 1. The number of hydrogen-bond donors (Lipinski definition) is 0. The molecule has 0 saturated carbocycles. The molecule has 24 heavy (non-hydrogen) atoms. The number of carbonyl (C=O) groups excluding carboxylic acids is 1. The Bertz CT molecular complexity index is 764. The molecule has 2 aromatic rings. The van der Waals surface area contributed by atoms with E-state index in [1.54, 1.807) is 7.11 Å². The highest BCUT2D eigenvalue weighted by molar-refractivity contribution is 5.97. The Morgan fingerprint density at radius 2 is 2.12 bits per heavy atom. The van der Waals surface area contributed by atoms with E-state index in [1.807, 2.05) is 29.2 Å². The molecule has 1 fully saturated rings. The van der Waals surface area contributed by atoms with Crippen LogP contribution in [0.2, 0.25) is 0 Å². The van der Waals surface area contributed by atoms with E-state index < -0.39 is 0 Å². The topological polar surface area (TPSA) is 58.6 Å². The molecule has 3 heterocycles. The number of nitrogens with zero attached hydrogens (tertiary/aromatic N) is 4. The second-order valence-corrected chi connectivity index (χ2v) is 6.22. The van der Waals surface area contributed by atoms with E-state index in [-0.39, 0.29) is 11.8 Å². The minimum Gasteiger partial charge on any atom is -0.481 e. The van der Waals surface area contributed by atoms with Crippen LogP contribution in [0.1, 0.15) is 12.0 Å². The van der Waals surface area contributed by atoms with Gasteiger partial charge in [0.25, 0.3) is 0 Å². The monoisotopic (exact) mass is 324 g/mol. The van der Waals surface area contributed by atoms with Crippen molar-refractivity contribution in [2.24, 2.45) is 5.92 Å². The molecule has 1 atom stereocenters. The molecule has 1 amide bonds. The number of anilines is 2. The molecule has 2 aliphatic heterocycles. The summed E-state index contributed by atoms with van der Waals surface area (Å²) in [6.07, 6.45) is 3.30. The Balaban J connectivity index is 1.48. The average molecular weight is 324 g/mol. The Morgan fingerprint density at radius 3 is 3.00 bits per heavy atom. The van der Waals surface area contributed by atoms with Crippen molar-refractivity contribution in [2.75, 3.05) is 36.5 Å². The summed E-state index contributed by atoms with van der Waals surface area (Å²) in [7, 11) is 1.59. The molecule has 0 N–H and O–H groups in total. The molecule has 124 valence electrons. The van der Waals surface area contributed by atoms with Crippen LogP contribution in [0, 0.1) is 5.92 Å². The molecule has 0 radical (unpaired) electrons. The molecule has 0 bridgehead atoms. The zero-order chi connectivity index (χ0) is 16.5. The van der Waals surface area contributed by atoms with Gasteiger partial charge in [-0.05, 0) is 24.5 Å². The molecule has 1 aromatic heterocycles. The first kappa shape index (κ1) is 14.9. The first-order chi connectivity index (χ1) is 11.8. The second-order valence-electron chi connectivity index (χ2n) is 6.22. The SMILES string of the molecule is COc1cc(N2CCC(C(=O)N3CCc4ccccc43)C2)ncn1. The Kier molecular flexibility index (Phi) is 3.80. The Labute approximate surface area is 141 Å². The summed E-state index contributed by atoms with van der Waals surface area (Å²) < 4.78 is 5.16. The third kappa shape index (κ3) is 2.58. The van der Waals surface area contributed by atoms with Crippen LogP contribution in [0.15, 0.2) is 36.7 Å². The number of para-hydroxylation sites is 1. The molecule has 1 unspecified atom stereocenters. The van der Waals surface area contributed by atoms with E-state index in [2.05, 4.69) is 20.9 Å². The quantitative estimate of drug-likeness (QED) is 0.863. The highest BCUT2D eigenvalue weighted by atomic mass is 16.5. The summed E-state index contributed by atoms with van der Waals surface area (Å²) in [6.45, 7) is 2.31. The lowest BCUT2D eigenvalue weighted by Crippen LogP contribution is -2.36. The van der Waals surface area contributed by atoms with Crippen molar-refractivity contribution in [3.63, 3.8) is 0 Å². The summed E-state index contributed by atoms with van der Waals surface area (Å²) in [5, 5.41) is 0. The van der Waals surface area contributed by atoms with Crippen molar-refractivity contribution in [2.45, 2.75) is 12.8 Å². The zero-order valence-electron chi connectivity index (χ0n) is 13.7. The van der Waals surface area contributed by atoms with E-state index in [4.69, 9.17) is 4.74 Å². The van der Waals surface area contributed by atoms with Gasteiger partial charge in [-0.3, -0.25) is 4.79 Å². The summed E-state index contributed by atoms with van der Waals surface area (Å²) in [5.74, 6) is 1.60. The normalized spacial score (nSPS) is 19.5. The van der Waals surface area contributed by atoms with Crippen molar-refractivity contribution >= 4 is 17.4 Å². The standard InChI is InChI=1S/C18H20N4O2/c1-24-17-10-16(19-12-20-17)21-8-6-14(11-21)18(23)22-9-7-13-4-2-3-5-15(13)22/h2-5,10,12,14H,6-9,11H2,1H3. The van der Waals surface area contributed by atoms with E-state index >= 15 is 0 Å². The fraction of sp³-hybridized carbons (Fsp3) is 0.389. The second kappa shape index (κ2) is 6.11. The predicted octanol–water partition coefficient (Wildman–Crippen LogP) is 1.90. The van der Waals surface area contributed by atoms with Gasteiger partial charge in [0.1, 0.15) is 12.1 Å². The van der Waals surface area contributed by atoms with Crippen molar-refractivity contribution in [3.05, 3.63) is 42.2 Å². The minimum atomic E-state index is 0.0112. The molecule has 0 spiro atoms. The van der Waals surface area contributed by atoms with Gasteiger partial charge in [0, 0.05) is 31.4 Å². The largest absolute Gasteiger partial charge is 0.481 e. The van der Waals surface area contributed by atoms with Crippen molar-refractivity contribution in [1.29, 1.82) is 0 Å². The Morgan fingerprint density at radius 1 is 1.25 bits per heavy atom. The lowest BCUT2D eigenvalue weighted by molar-refractivity contribution is -0.121. The van der Waals surface area contributed by atoms with Crippen LogP contribution in [0.3, 0.4) is 0 Å². The van der Waals surface area contributed by atoms with Crippen molar-refractivity contribution in [1.82, 2.24) is 9.97 Å². The van der Waals surface area contributed by atoms with Crippen LogP contribution in [0.4, 0.5) is 11.5 Å². The van der Waals surface area contributed by atoms with Crippen molar-refractivity contribution < 1.29 is 9.53 Å². The fourth-order valence-electron chi connectivity index (χ4n) is 3.57. The highest BCUT2D eigenvalue weighted by Gasteiger charge is 2.35. The smallest absolute Gasteiger partial charge is 0.231 e. The third-order valence-corrected chi connectivity index (χ3v) is 4.85. The molecular formula is C18H20N4O2. The average Bonchev–Trinajstić information content (AvgIpc) is 3.28. The zero-order valence-corrected chi connectivity index (χ0v) is 13.7. The van der Waals surface area contributed by atoms with Crippen molar-refractivity contribution in [3.8, 4) is 5.88 Å². The number of ether oxygens (including phenoxy) is 1. The van der Waals surface area contributed by atoms with Gasteiger partial charge in [0.15, 0.2) is 0 Å². The van der Waals surface area contributed by atoms with Gasteiger partial charge in [-0.15, -0.1) is 0 Å². The van der Waals surface area contributed by atoms with Crippen LogP contribution < -0.4 is 14.5 Å². The lowest BCUT2D eigenvalue weighted by Gasteiger charge is -2.22. The summed E-state index contributed by atoms with van der Waals surface area (Å²) in [4.78, 5) is 25.4. The van der Waals surface area contributed by atoms with E-state index in [0.29, 0.717) is 12.4 Å². The predicted molar refractivity (Wildman–Crippen MR) is 91.4 cm³/mol. The first-order valence-corrected chi connectivity index (χ1v) is 8.26. The minimum absolute atomic E-state index is 0.0112. The van der Waals surface area contributed by atoms with E-state index in [9.17, 15) is 4.79 Å². The number of rotatable bonds is 3. The Hall–Kier alpha value is -2.63. The maximum atomic E-state index is 13.0. The number of benzene rings is 1. The molecule has 6 nitrogen and oxygen atoms in total. The van der Waals surface area contributed by atoms with Gasteiger partial charge in [-0.1, -0.05) is 18.2 Å². The highest BCUT2D eigenvalue weighted by Crippen LogP contribution is 2.31. The summed E-state index contributed by atoms with van der Waals surface area (Å²) >= 11 is 0. The maximum absolute atomic E-state index is 13.0. The van der Waals surface area contributed by atoms with E-state index in [0.717, 1.165) is 37.4 Å². The molecule has 1 aromatic carbocycles. The van der Waals surface area contributed by atoms with Gasteiger partial charge in [-0.2, -0.15) is 0 Å². The number of hydrogen-bond acceptors (Lipinski definition) is 5. The molecule has 4 rings (SSSR count). The van der Waals surface area contributed by atoms with Gasteiger partial charge >= 0.3 is 0 Å². The number of fused-ring (bicyclic) bond motifs is 1. The van der Waals surface area contributed by atoms with Crippen LogP contribution in [0.25, 0.3) is 0 Å². The lowest BCUT2D eigenvalue weighted by atomic mass is 10.1. The summed E-state index contributed by atoms with van der Waals surface area (Å²) in [6, 6.07) is 10.0. The molecule has 0 aliphatic carbocycles. The maximum Gasteiger partial charge on any atom is 0.231 e. The first-order valence-electron chi connectivity index (χ1n) is 8.26. The van der Waals surface area contributed by atoms with Gasteiger partial charge in [0.05, 0.1) is 13.0 Å². The van der Waals surface area contributed by atoms with Crippen LogP contribution in [0.5, 0.6) is 5.88 Å². The van der Waals surface area contributed by atoms with Gasteiger partial charge in [-0.25, -0.2) is 9.97 Å². The molecule has 2 aliphatic rings. The molecule has 1 saturated heterocycles. The third-order valence-electron chi connectivity index (χ3n) is 4.85. The van der Waals surface area contributed by atoms with Crippen LogP contribution in [-0.4, -0.2) is 42.6 Å². The van der Waals surface area contributed by atoms with Crippen LogP contribution >= 0.6 is 0 Å². The fourth-order valence-corrected chi connectivity index (χ4v) is 3.57. The number of carbonyl (C=O) groups is 1. The number of aromatic nitrogens is 2. The molecular weight excluding hydrogens is 304 g/mol. The van der Waals surface area contributed by atoms with E-state index in [1.165, 1.54) is 11.9 Å². The van der Waals surface area contributed by atoms with Gasteiger partial charge < -0.3 is 14.5 Å². The molecule has 6 heteroatoms. The van der Waals surface area contributed by atoms with Gasteiger partial charge in [0.2, 0.25) is 11.8 Å². The van der Waals surface area contributed by atoms with Crippen LogP contribution in [-0.2, 0) is 11.2 Å². The number of amides is 1. The summed E-state index contributed by atoms with van der Waals surface area (Å²) in [5.41, 5.74) is 2.34.